The first-order valence-electron chi connectivity index (χ1n) is 4.45. The van der Waals surface area contributed by atoms with E-state index in [0.29, 0.717) is 0 Å². The molecule has 1 aliphatic rings. The molecule has 6 nitrogen and oxygen atoms in total. The Hall–Kier alpha value is -0.630. The van der Waals surface area contributed by atoms with Crippen molar-refractivity contribution >= 4 is 39.2 Å². The van der Waals surface area contributed by atoms with Gasteiger partial charge < -0.3 is 0 Å². The second-order valence-electron chi connectivity index (χ2n) is 3.34. The number of hydrogen-bond acceptors (Lipinski definition) is 4. The molecule has 0 aliphatic heterocycles. The molecule has 0 aromatic carbocycles. The molecular formula is C7H8Cl2N4O2S. The standard InChI is InChI=1S/C7H8Cl2N4O2S/c8-5-3-6(11-7(9)10-5)13-16(14,15)12-4-1-2-4/h3-4,12H,1-2H2,(H,10,11,13). The third-order valence-electron chi connectivity index (χ3n) is 1.81. The van der Waals surface area contributed by atoms with Crippen LogP contribution in [0.1, 0.15) is 12.8 Å². The van der Waals surface area contributed by atoms with Gasteiger partial charge in [-0.25, -0.2) is 4.98 Å². The van der Waals surface area contributed by atoms with E-state index < -0.39 is 10.2 Å². The van der Waals surface area contributed by atoms with Gasteiger partial charge in [-0.05, 0) is 24.4 Å². The first-order valence-corrected chi connectivity index (χ1v) is 6.69. The number of aromatic nitrogens is 2. The molecular weight excluding hydrogens is 275 g/mol. The van der Waals surface area contributed by atoms with E-state index in [0.717, 1.165) is 12.8 Å². The molecule has 0 spiro atoms. The van der Waals surface area contributed by atoms with Crippen LogP contribution in [0.3, 0.4) is 0 Å². The second-order valence-corrected chi connectivity index (χ2v) is 5.51. The lowest BCUT2D eigenvalue weighted by atomic mass is 10.6. The van der Waals surface area contributed by atoms with E-state index in [9.17, 15) is 8.42 Å². The lowest BCUT2D eigenvalue weighted by molar-refractivity contribution is 0.586. The van der Waals surface area contributed by atoms with Crippen LogP contribution in [0.25, 0.3) is 0 Å². The molecule has 0 amide bonds. The Balaban J connectivity index is 2.12. The summed E-state index contributed by atoms with van der Waals surface area (Å²) in [5.41, 5.74) is 0. The summed E-state index contributed by atoms with van der Waals surface area (Å²) in [6, 6.07) is 1.30. The van der Waals surface area contributed by atoms with E-state index in [1.807, 2.05) is 0 Å². The van der Waals surface area contributed by atoms with Crippen molar-refractivity contribution in [3.63, 3.8) is 0 Å². The highest BCUT2D eigenvalue weighted by Gasteiger charge is 2.27. The molecule has 2 N–H and O–H groups in total. The third kappa shape index (κ3) is 3.44. The highest BCUT2D eigenvalue weighted by molar-refractivity contribution is 7.90. The van der Waals surface area contributed by atoms with Gasteiger partial charge in [-0.3, -0.25) is 4.72 Å². The minimum atomic E-state index is -3.61. The molecule has 1 aromatic heterocycles. The summed E-state index contributed by atoms with van der Waals surface area (Å²) in [4.78, 5) is 7.29. The van der Waals surface area contributed by atoms with Crippen LogP contribution >= 0.6 is 23.2 Å². The zero-order valence-electron chi connectivity index (χ0n) is 7.94. The number of anilines is 1. The van der Waals surface area contributed by atoms with Crippen LogP contribution in [0.2, 0.25) is 10.4 Å². The highest BCUT2D eigenvalue weighted by atomic mass is 35.5. The van der Waals surface area contributed by atoms with Gasteiger partial charge in [0.25, 0.3) is 0 Å². The van der Waals surface area contributed by atoms with Crippen molar-refractivity contribution in [3.8, 4) is 0 Å². The van der Waals surface area contributed by atoms with E-state index in [1.165, 1.54) is 6.07 Å². The highest BCUT2D eigenvalue weighted by Crippen LogP contribution is 2.20. The monoisotopic (exact) mass is 282 g/mol. The van der Waals surface area contributed by atoms with E-state index in [-0.39, 0.29) is 22.3 Å². The quantitative estimate of drug-likeness (QED) is 0.642. The smallest absolute Gasteiger partial charge is 0.254 e. The Bertz CT molecular complexity index is 483. The topological polar surface area (TPSA) is 84.0 Å². The molecule has 88 valence electrons. The predicted molar refractivity (Wildman–Crippen MR) is 60.8 cm³/mol. The number of rotatable bonds is 4. The predicted octanol–water partition coefficient (Wildman–Crippen LogP) is 1.19. The maximum Gasteiger partial charge on any atom is 0.300 e. The van der Waals surface area contributed by atoms with Crippen molar-refractivity contribution < 1.29 is 8.42 Å². The summed E-state index contributed by atoms with van der Waals surface area (Å²) in [5, 5.41) is -0.0410. The average molecular weight is 283 g/mol. The van der Waals surface area contributed by atoms with Gasteiger partial charge in [-0.1, -0.05) is 11.6 Å². The number of halogens is 2. The molecule has 0 saturated heterocycles. The summed E-state index contributed by atoms with van der Waals surface area (Å²) >= 11 is 11.1. The van der Waals surface area contributed by atoms with Crippen molar-refractivity contribution in [1.82, 2.24) is 14.7 Å². The molecule has 9 heteroatoms. The molecule has 16 heavy (non-hydrogen) atoms. The van der Waals surface area contributed by atoms with Crippen molar-refractivity contribution in [2.45, 2.75) is 18.9 Å². The SMILES string of the molecule is O=S(=O)(Nc1cc(Cl)nc(Cl)n1)NC1CC1. The molecule has 0 atom stereocenters. The Morgan fingerprint density at radius 2 is 2.00 bits per heavy atom. The van der Waals surface area contributed by atoms with E-state index >= 15 is 0 Å². The molecule has 1 heterocycles. The van der Waals surface area contributed by atoms with E-state index in [1.54, 1.807) is 0 Å². The van der Waals surface area contributed by atoms with Gasteiger partial charge in [-0.15, -0.1) is 0 Å². The first-order chi connectivity index (χ1) is 7.44. The van der Waals surface area contributed by atoms with Gasteiger partial charge in [0.05, 0.1) is 0 Å². The van der Waals surface area contributed by atoms with Gasteiger partial charge in [0.15, 0.2) is 0 Å². The summed E-state index contributed by atoms with van der Waals surface area (Å²) in [6.45, 7) is 0. The van der Waals surface area contributed by atoms with Crippen LogP contribution in [-0.4, -0.2) is 24.4 Å². The first kappa shape index (κ1) is 11.8. The van der Waals surface area contributed by atoms with Crippen LogP contribution in [0.5, 0.6) is 0 Å². The van der Waals surface area contributed by atoms with Gasteiger partial charge in [0.2, 0.25) is 5.28 Å². The van der Waals surface area contributed by atoms with Gasteiger partial charge >= 0.3 is 10.2 Å². The van der Waals surface area contributed by atoms with Crippen molar-refractivity contribution in [3.05, 3.63) is 16.5 Å². The van der Waals surface area contributed by atoms with Crippen LogP contribution < -0.4 is 9.44 Å². The Morgan fingerprint density at radius 1 is 1.31 bits per heavy atom. The molecule has 0 bridgehead atoms. The number of nitrogens with zero attached hydrogens (tertiary/aromatic N) is 2. The minimum absolute atomic E-state index is 0.0188. The number of hydrogen-bond donors (Lipinski definition) is 2. The summed E-state index contributed by atoms with van der Waals surface area (Å²) in [7, 11) is -3.61. The zero-order chi connectivity index (χ0) is 11.8. The van der Waals surface area contributed by atoms with Crippen molar-refractivity contribution in [2.75, 3.05) is 4.72 Å². The van der Waals surface area contributed by atoms with E-state index in [4.69, 9.17) is 23.2 Å². The molecule has 1 aliphatic carbocycles. The molecule has 0 radical (unpaired) electrons. The van der Waals surface area contributed by atoms with Gasteiger partial charge in [0.1, 0.15) is 11.0 Å². The normalized spacial score (nSPS) is 16.1. The lowest BCUT2D eigenvalue weighted by Crippen LogP contribution is -2.32. The second kappa shape index (κ2) is 4.33. The van der Waals surface area contributed by atoms with Crippen LogP contribution in [0, 0.1) is 0 Å². The fraction of sp³-hybridized carbons (Fsp3) is 0.429. The van der Waals surface area contributed by atoms with E-state index in [2.05, 4.69) is 19.4 Å². The average Bonchev–Trinajstić information content (AvgIpc) is 2.83. The Labute approximate surface area is 103 Å². The minimum Gasteiger partial charge on any atom is -0.254 e. The molecule has 1 fully saturated rings. The summed E-state index contributed by atoms with van der Waals surface area (Å²) in [6.07, 6.45) is 1.71. The molecule has 2 rings (SSSR count). The molecule has 1 aromatic rings. The molecule has 0 unspecified atom stereocenters. The van der Waals surface area contributed by atoms with Crippen LogP contribution in [0.4, 0.5) is 5.82 Å². The lowest BCUT2D eigenvalue weighted by Gasteiger charge is -2.07. The maximum atomic E-state index is 11.5. The summed E-state index contributed by atoms with van der Waals surface area (Å²) < 4.78 is 27.7. The van der Waals surface area contributed by atoms with Gasteiger partial charge in [0, 0.05) is 12.1 Å². The largest absolute Gasteiger partial charge is 0.300 e. The summed E-state index contributed by atoms with van der Waals surface area (Å²) in [5.74, 6) is 0.0400. The Morgan fingerprint density at radius 3 is 2.56 bits per heavy atom. The fourth-order valence-electron chi connectivity index (χ4n) is 1.03. The van der Waals surface area contributed by atoms with Gasteiger partial charge in [-0.2, -0.15) is 18.1 Å². The maximum absolute atomic E-state index is 11.5. The van der Waals surface area contributed by atoms with Crippen LogP contribution in [0.15, 0.2) is 6.07 Å². The van der Waals surface area contributed by atoms with Crippen molar-refractivity contribution in [1.29, 1.82) is 0 Å². The van der Waals surface area contributed by atoms with Crippen molar-refractivity contribution in [2.24, 2.45) is 0 Å². The third-order valence-corrected chi connectivity index (χ3v) is 3.29. The van der Waals surface area contributed by atoms with Crippen LogP contribution in [-0.2, 0) is 10.2 Å². The molecule has 1 saturated carbocycles. The zero-order valence-corrected chi connectivity index (χ0v) is 10.3. The number of nitrogens with one attached hydrogen (secondary N) is 2. The Kier molecular flexibility index (Phi) is 3.20. The fourth-order valence-corrected chi connectivity index (χ4v) is 2.55.